The number of nitrogens with one attached hydrogen (secondary N) is 1. The molecular weight excluding hydrogens is 331 g/mol. The van der Waals surface area contributed by atoms with Gasteiger partial charge in [-0.1, -0.05) is 30.5 Å². The number of benzene rings is 1. The number of nitrogens with zero attached hydrogens (tertiary/aromatic N) is 1. The third-order valence-corrected chi connectivity index (χ3v) is 5.60. The summed E-state index contributed by atoms with van der Waals surface area (Å²) in [5.74, 6) is -0.587. The van der Waals surface area contributed by atoms with Crippen molar-refractivity contribution in [3.8, 4) is 0 Å². The van der Waals surface area contributed by atoms with Gasteiger partial charge in [-0.2, -0.15) is 0 Å². The van der Waals surface area contributed by atoms with E-state index in [2.05, 4.69) is 5.32 Å². The second-order valence-electron chi connectivity index (χ2n) is 6.94. The molecule has 0 aromatic heterocycles. The fourth-order valence-corrected chi connectivity index (χ4v) is 3.85. The second-order valence-corrected chi connectivity index (χ2v) is 7.35. The molecule has 2 aliphatic rings. The average Bonchev–Trinajstić information content (AvgIpc) is 3.13. The Hall–Kier alpha value is -1.62. The van der Waals surface area contributed by atoms with E-state index in [9.17, 15) is 14.0 Å². The molecule has 1 atom stereocenters. The molecule has 6 heteroatoms. The summed E-state index contributed by atoms with van der Waals surface area (Å²) in [4.78, 5) is 26.7. The Balaban J connectivity index is 1.78. The van der Waals surface area contributed by atoms with Gasteiger partial charge in [0.1, 0.15) is 11.4 Å². The summed E-state index contributed by atoms with van der Waals surface area (Å²) in [6.07, 6.45) is 5.10. The Bertz CT molecular complexity index is 660. The fourth-order valence-electron chi connectivity index (χ4n) is 3.63. The minimum absolute atomic E-state index is 0.0699. The third-order valence-electron chi connectivity index (χ3n) is 5.25. The largest absolute Gasteiger partial charge is 0.351 e. The lowest BCUT2D eigenvalue weighted by Crippen LogP contribution is -2.55. The van der Waals surface area contributed by atoms with Gasteiger partial charge in [-0.25, -0.2) is 4.39 Å². The SMILES string of the molecule is C[C@]1(C(=O)NC2CCCC2)CCC(=O)N1Cc1ccc(F)cc1Cl. The highest BCUT2D eigenvalue weighted by Crippen LogP contribution is 2.34. The molecule has 3 rings (SSSR count). The molecule has 130 valence electrons. The number of amides is 2. The van der Waals surface area contributed by atoms with E-state index in [-0.39, 0.29) is 29.4 Å². The van der Waals surface area contributed by atoms with Crippen LogP contribution in [0.15, 0.2) is 18.2 Å². The summed E-state index contributed by atoms with van der Waals surface area (Å²) in [5, 5.41) is 3.37. The van der Waals surface area contributed by atoms with Crippen LogP contribution in [-0.4, -0.2) is 28.3 Å². The predicted molar refractivity (Wildman–Crippen MR) is 90.0 cm³/mol. The zero-order valence-electron chi connectivity index (χ0n) is 13.8. The van der Waals surface area contributed by atoms with E-state index in [1.54, 1.807) is 17.9 Å². The summed E-state index contributed by atoms with van der Waals surface area (Å²) in [5.41, 5.74) is -0.231. The van der Waals surface area contributed by atoms with Crippen molar-refractivity contribution < 1.29 is 14.0 Å². The average molecular weight is 353 g/mol. The lowest BCUT2D eigenvalue weighted by atomic mass is 9.96. The van der Waals surface area contributed by atoms with E-state index in [1.165, 1.54) is 12.1 Å². The maximum absolute atomic E-state index is 13.2. The van der Waals surface area contributed by atoms with Crippen LogP contribution < -0.4 is 5.32 Å². The maximum Gasteiger partial charge on any atom is 0.245 e. The van der Waals surface area contributed by atoms with Crippen LogP contribution in [0, 0.1) is 5.82 Å². The van der Waals surface area contributed by atoms with Crippen LogP contribution in [0.5, 0.6) is 0 Å². The molecule has 0 spiro atoms. The van der Waals surface area contributed by atoms with Crippen molar-refractivity contribution >= 4 is 23.4 Å². The van der Waals surface area contributed by atoms with Crippen molar-refractivity contribution in [2.45, 2.75) is 63.6 Å². The first-order chi connectivity index (χ1) is 11.4. The second kappa shape index (κ2) is 6.71. The molecule has 0 unspecified atom stereocenters. The highest BCUT2D eigenvalue weighted by molar-refractivity contribution is 6.31. The van der Waals surface area contributed by atoms with Crippen LogP contribution in [0.4, 0.5) is 4.39 Å². The maximum atomic E-state index is 13.2. The van der Waals surface area contributed by atoms with E-state index in [4.69, 9.17) is 11.6 Å². The molecule has 0 bridgehead atoms. The molecule has 2 fully saturated rings. The number of hydrogen-bond acceptors (Lipinski definition) is 2. The number of carbonyl (C=O) groups excluding carboxylic acids is 2. The predicted octanol–water partition coefficient (Wildman–Crippen LogP) is 3.42. The molecule has 1 aliphatic carbocycles. The monoisotopic (exact) mass is 352 g/mol. The van der Waals surface area contributed by atoms with Crippen molar-refractivity contribution in [3.63, 3.8) is 0 Å². The van der Waals surface area contributed by atoms with Crippen molar-refractivity contribution in [2.75, 3.05) is 0 Å². The van der Waals surface area contributed by atoms with Crippen LogP contribution in [-0.2, 0) is 16.1 Å². The van der Waals surface area contributed by atoms with Gasteiger partial charge in [-0.3, -0.25) is 9.59 Å². The first kappa shape index (κ1) is 17.2. The highest BCUT2D eigenvalue weighted by atomic mass is 35.5. The molecule has 1 heterocycles. The van der Waals surface area contributed by atoms with Crippen molar-refractivity contribution in [1.29, 1.82) is 0 Å². The van der Waals surface area contributed by atoms with Crippen LogP contribution in [0.1, 0.15) is 51.0 Å². The molecule has 2 amide bonds. The first-order valence-corrected chi connectivity index (χ1v) is 8.83. The summed E-state index contributed by atoms with van der Waals surface area (Å²) < 4.78 is 13.2. The summed E-state index contributed by atoms with van der Waals surface area (Å²) in [7, 11) is 0. The molecule has 1 saturated heterocycles. The number of likely N-dealkylation sites (tertiary alicyclic amines) is 1. The lowest BCUT2D eigenvalue weighted by Gasteiger charge is -2.35. The molecule has 1 saturated carbocycles. The van der Waals surface area contributed by atoms with Gasteiger partial charge in [0, 0.05) is 24.0 Å². The number of rotatable bonds is 4. The van der Waals surface area contributed by atoms with Gasteiger partial charge in [0.2, 0.25) is 11.8 Å². The Morgan fingerprint density at radius 3 is 2.79 bits per heavy atom. The van der Waals surface area contributed by atoms with E-state index < -0.39 is 11.4 Å². The van der Waals surface area contributed by atoms with Crippen LogP contribution in [0.25, 0.3) is 0 Å². The van der Waals surface area contributed by atoms with Gasteiger partial charge < -0.3 is 10.2 Å². The van der Waals surface area contributed by atoms with Gasteiger partial charge in [0.15, 0.2) is 0 Å². The Morgan fingerprint density at radius 2 is 2.12 bits per heavy atom. The van der Waals surface area contributed by atoms with Gasteiger partial charge >= 0.3 is 0 Å². The molecule has 1 aromatic carbocycles. The normalized spacial score (nSPS) is 24.6. The topological polar surface area (TPSA) is 49.4 Å². The first-order valence-electron chi connectivity index (χ1n) is 8.45. The van der Waals surface area contributed by atoms with Crippen molar-refractivity contribution in [2.24, 2.45) is 0 Å². The van der Waals surface area contributed by atoms with Crippen LogP contribution in [0.3, 0.4) is 0 Å². The van der Waals surface area contributed by atoms with E-state index in [0.717, 1.165) is 25.7 Å². The Labute approximate surface area is 146 Å². The van der Waals surface area contributed by atoms with Gasteiger partial charge in [-0.15, -0.1) is 0 Å². The molecule has 24 heavy (non-hydrogen) atoms. The number of halogens is 2. The van der Waals surface area contributed by atoms with Crippen LogP contribution in [0.2, 0.25) is 5.02 Å². The smallest absolute Gasteiger partial charge is 0.245 e. The third kappa shape index (κ3) is 3.27. The summed E-state index contributed by atoms with van der Waals surface area (Å²) in [6.45, 7) is 2.02. The van der Waals surface area contributed by atoms with Gasteiger partial charge in [-0.05, 0) is 43.9 Å². The van der Waals surface area contributed by atoms with E-state index in [0.29, 0.717) is 18.4 Å². The van der Waals surface area contributed by atoms with E-state index >= 15 is 0 Å². The zero-order chi connectivity index (χ0) is 17.3. The highest BCUT2D eigenvalue weighted by Gasteiger charge is 2.47. The minimum Gasteiger partial charge on any atom is -0.351 e. The summed E-state index contributed by atoms with van der Waals surface area (Å²) >= 11 is 6.09. The summed E-state index contributed by atoms with van der Waals surface area (Å²) in [6, 6.07) is 4.32. The zero-order valence-corrected chi connectivity index (χ0v) is 14.5. The standard InChI is InChI=1S/C18H22ClFN2O2/c1-18(17(24)21-14-4-2-3-5-14)9-8-16(23)22(18)11-12-6-7-13(20)10-15(12)19/h6-7,10,14H,2-5,8-9,11H2,1H3,(H,21,24)/t18-/m1/s1. The molecular formula is C18H22ClFN2O2. The van der Waals surface area contributed by atoms with Crippen molar-refractivity contribution in [1.82, 2.24) is 10.2 Å². The fraction of sp³-hybridized carbons (Fsp3) is 0.556. The Kier molecular flexibility index (Phi) is 4.81. The number of hydrogen-bond donors (Lipinski definition) is 1. The van der Waals surface area contributed by atoms with Crippen LogP contribution >= 0.6 is 11.6 Å². The van der Waals surface area contributed by atoms with E-state index in [1.807, 2.05) is 0 Å². The minimum atomic E-state index is -0.878. The molecule has 1 N–H and O–H groups in total. The molecule has 1 aliphatic heterocycles. The van der Waals surface area contributed by atoms with Crippen molar-refractivity contribution in [3.05, 3.63) is 34.6 Å². The lowest BCUT2D eigenvalue weighted by molar-refractivity contribution is -0.141. The Morgan fingerprint density at radius 1 is 1.42 bits per heavy atom. The molecule has 4 nitrogen and oxygen atoms in total. The number of carbonyl (C=O) groups is 2. The quantitative estimate of drug-likeness (QED) is 0.902. The van der Waals surface area contributed by atoms with Gasteiger partial charge in [0.25, 0.3) is 0 Å². The molecule has 1 aromatic rings. The molecule has 0 radical (unpaired) electrons. The van der Waals surface area contributed by atoms with Gasteiger partial charge in [0.05, 0.1) is 0 Å².